The van der Waals surface area contributed by atoms with Crippen LogP contribution >= 0.6 is 0 Å². The lowest BCUT2D eigenvalue weighted by Gasteiger charge is -2.18. The Morgan fingerprint density at radius 3 is 1.73 bits per heavy atom. The number of carbonyl (C=O) groups excluding carboxylic acids is 1. The molecule has 0 amide bonds. The van der Waals surface area contributed by atoms with Crippen LogP contribution in [0.1, 0.15) is 0 Å². The molecular formula is C8H9O2Si. The molecule has 0 N–H and O–H groups in total. The van der Waals surface area contributed by atoms with Crippen LogP contribution in [0.5, 0.6) is 0 Å². The molecule has 0 bridgehead atoms. The van der Waals surface area contributed by atoms with Gasteiger partial charge in [0.2, 0.25) is 0 Å². The molecule has 0 unspecified atom stereocenters. The van der Waals surface area contributed by atoms with Crippen molar-refractivity contribution in [1.29, 1.82) is 0 Å². The normalized spacial score (nSPS) is 9.91. The predicted molar refractivity (Wildman–Crippen MR) is 44.9 cm³/mol. The van der Waals surface area contributed by atoms with Crippen LogP contribution in [0.2, 0.25) is 0 Å². The minimum absolute atomic E-state index is 0.505. The van der Waals surface area contributed by atoms with E-state index in [0.29, 0.717) is 0 Å². The van der Waals surface area contributed by atoms with Crippen LogP contribution in [0, 0.1) is 5.41 Å². The molecule has 0 atom stereocenters. The summed E-state index contributed by atoms with van der Waals surface area (Å²) in [6.07, 6.45) is 4.24. The molecule has 0 aliphatic rings. The fraction of sp³-hybridized carbons (Fsp3) is 0.125. The highest BCUT2D eigenvalue weighted by molar-refractivity contribution is 6.07. The van der Waals surface area contributed by atoms with Gasteiger partial charge in [-0.15, -0.1) is 19.7 Å². The van der Waals surface area contributed by atoms with Gasteiger partial charge in [0.05, 0.1) is 0 Å². The van der Waals surface area contributed by atoms with Crippen molar-refractivity contribution in [2.24, 2.45) is 5.41 Å². The van der Waals surface area contributed by atoms with Crippen LogP contribution in [0.15, 0.2) is 38.0 Å². The van der Waals surface area contributed by atoms with E-state index in [9.17, 15) is 4.79 Å². The van der Waals surface area contributed by atoms with Crippen LogP contribution < -0.4 is 0 Å². The SMILES string of the molecule is C=CC(C=C)(C=C)C(=O)O[Si]. The molecule has 0 aliphatic heterocycles. The van der Waals surface area contributed by atoms with Gasteiger partial charge in [0.15, 0.2) is 0 Å². The Balaban J connectivity index is 4.81. The van der Waals surface area contributed by atoms with Crippen LogP contribution in [0.25, 0.3) is 0 Å². The topological polar surface area (TPSA) is 26.3 Å². The average Bonchev–Trinajstić information content (AvgIpc) is 2.08. The first-order valence-corrected chi connectivity index (χ1v) is 3.36. The summed E-state index contributed by atoms with van der Waals surface area (Å²) in [6.45, 7) is 10.4. The van der Waals surface area contributed by atoms with E-state index in [4.69, 9.17) is 0 Å². The molecule has 2 nitrogen and oxygen atoms in total. The second kappa shape index (κ2) is 3.93. The summed E-state index contributed by atoms with van der Waals surface area (Å²) in [5.74, 6) is -0.505. The molecule has 0 heterocycles. The third-order valence-corrected chi connectivity index (χ3v) is 1.64. The van der Waals surface area contributed by atoms with Gasteiger partial charge in [-0.25, -0.2) is 0 Å². The molecule has 0 aromatic rings. The summed E-state index contributed by atoms with van der Waals surface area (Å²) in [4.78, 5) is 11.0. The summed E-state index contributed by atoms with van der Waals surface area (Å²) in [7, 11) is 2.63. The van der Waals surface area contributed by atoms with Gasteiger partial charge in [-0.05, 0) is 0 Å². The lowest BCUT2D eigenvalue weighted by Crippen LogP contribution is -2.25. The van der Waals surface area contributed by atoms with Gasteiger partial charge in [0.1, 0.15) is 5.41 Å². The summed E-state index contributed by atoms with van der Waals surface area (Å²) in [5.41, 5.74) is -0.984. The number of hydrogen-bond acceptors (Lipinski definition) is 2. The van der Waals surface area contributed by atoms with Crippen molar-refractivity contribution in [3.8, 4) is 0 Å². The minimum atomic E-state index is -0.984. The van der Waals surface area contributed by atoms with E-state index in [1.165, 1.54) is 18.2 Å². The number of hydrogen-bond donors (Lipinski definition) is 0. The molecular weight excluding hydrogens is 156 g/mol. The van der Waals surface area contributed by atoms with E-state index in [1.807, 2.05) is 0 Å². The van der Waals surface area contributed by atoms with E-state index in [2.05, 4.69) is 34.6 Å². The highest BCUT2D eigenvalue weighted by Crippen LogP contribution is 2.22. The molecule has 57 valence electrons. The van der Waals surface area contributed by atoms with Gasteiger partial charge >= 0.3 is 16.5 Å². The standard InChI is InChI=1S/C8H9O2Si/c1-4-8(5-2,6-3)7(9)10-11/h4-6H,1-3H2. The third-order valence-electron chi connectivity index (χ3n) is 1.46. The zero-order valence-electron chi connectivity index (χ0n) is 6.17. The molecule has 3 radical (unpaired) electrons. The Labute approximate surface area is 69.8 Å². The van der Waals surface area contributed by atoms with Crippen molar-refractivity contribution >= 4 is 16.5 Å². The molecule has 0 fully saturated rings. The monoisotopic (exact) mass is 165 g/mol. The van der Waals surface area contributed by atoms with Crippen molar-refractivity contribution in [2.45, 2.75) is 0 Å². The Kier molecular flexibility index (Phi) is 3.54. The second-order valence-electron chi connectivity index (χ2n) is 1.93. The minimum Gasteiger partial charge on any atom is -0.515 e. The molecule has 11 heavy (non-hydrogen) atoms. The van der Waals surface area contributed by atoms with Gasteiger partial charge in [-0.2, -0.15) is 0 Å². The van der Waals surface area contributed by atoms with Crippen molar-refractivity contribution in [1.82, 2.24) is 0 Å². The number of carbonyl (C=O) groups is 1. The zero-order chi connectivity index (χ0) is 8.91. The van der Waals surface area contributed by atoms with Gasteiger partial charge in [-0.1, -0.05) is 18.2 Å². The maximum absolute atomic E-state index is 11.0. The van der Waals surface area contributed by atoms with Gasteiger partial charge in [0, 0.05) is 0 Å². The second-order valence-corrected chi connectivity index (χ2v) is 2.14. The largest absolute Gasteiger partial charge is 0.515 e. The maximum Gasteiger partial charge on any atom is 0.345 e. The van der Waals surface area contributed by atoms with Crippen LogP contribution in [0.4, 0.5) is 0 Å². The van der Waals surface area contributed by atoms with Gasteiger partial charge < -0.3 is 4.43 Å². The lowest BCUT2D eigenvalue weighted by atomic mass is 9.89. The maximum atomic E-state index is 11.0. The molecule has 3 heteroatoms. The lowest BCUT2D eigenvalue weighted by molar-refractivity contribution is -0.138. The van der Waals surface area contributed by atoms with Gasteiger partial charge in [0.25, 0.3) is 0 Å². The van der Waals surface area contributed by atoms with E-state index in [-0.39, 0.29) is 0 Å². The Bertz CT molecular complexity index is 174. The quantitative estimate of drug-likeness (QED) is 0.461. The van der Waals surface area contributed by atoms with E-state index < -0.39 is 11.4 Å². The summed E-state index contributed by atoms with van der Waals surface area (Å²) in [5, 5.41) is 0. The van der Waals surface area contributed by atoms with E-state index in [1.54, 1.807) is 0 Å². The van der Waals surface area contributed by atoms with Crippen LogP contribution in [-0.4, -0.2) is 16.5 Å². The Hall–Kier alpha value is -1.09. The smallest absolute Gasteiger partial charge is 0.345 e. The Morgan fingerprint density at radius 1 is 1.27 bits per heavy atom. The fourth-order valence-electron chi connectivity index (χ4n) is 0.588. The highest BCUT2D eigenvalue weighted by Gasteiger charge is 2.28. The zero-order valence-corrected chi connectivity index (χ0v) is 7.17. The molecule has 0 rings (SSSR count). The van der Waals surface area contributed by atoms with E-state index >= 15 is 0 Å². The fourth-order valence-corrected chi connectivity index (χ4v) is 0.765. The predicted octanol–water partition coefficient (Wildman–Crippen LogP) is 1.16. The third kappa shape index (κ3) is 1.68. The summed E-state index contributed by atoms with van der Waals surface area (Å²) >= 11 is 0. The molecule has 0 saturated heterocycles. The summed E-state index contributed by atoms with van der Waals surface area (Å²) in [6, 6.07) is 0. The number of rotatable bonds is 4. The highest BCUT2D eigenvalue weighted by atomic mass is 28.2. The average molecular weight is 165 g/mol. The van der Waals surface area contributed by atoms with Crippen LogP contribution in [0.3, 0.4) is 0 Å². The molecule has 0 aliphatic carbocycles. The first-order chi connectivity index (χ1) is 5.16. The molecule has 0 aromatic heterocycles. The van der Waals surface area contributed by atoms with Crippen molar-refractivity contribution in [3.05, 3.63) is 38.0 Å². The van der Waals surface area contributed by atoms with Crippen molar-refractivity contribution in [3.63, 3.8) is 0 Å². The van der Waals surface area contributed by atoms with E-state index in [0.717, 1.165) is 0 Å². The van der Waals surface area contributed by atoms with Gasteiger partial charge in [-0.3, -0.25) is 4.79 Å². The first kappa shape index (κ1) is 9.91. The molecule has 0 spiro atoms. The first-order valence-electron chi connectivity index (χ1n) is 2.95. The summed E-state index contributed by atoms with van der Waals surface area (Å²) < 4.78 is 4.34. The molecule has 0 saturated carbocycles. The van der Waals surface area contributed by atoms with Crippen LogP contribution in [-0.2, 0) is 9.22 Å². The van der Waals surface area contributed by atoms with Crippen molar-refractivity contribution in [2.75, 3.05) is 0 Å². The Morgan fingerprint density at radius 2 is 1.64 bits per heavy atom. The molecule has 0 aromatic carbocycles. The van der Waals surface area contributed by atoms with Crippen molar-refractivity contribution < 1.29 is 9.22 Å².